The van der Waals surface area contributed by atoms with Gasteiger partial charge in [0.2, 0.25) is 0 Å². The minimum absolute atomic E-state index is 0.803. The van der Waals surface area contributed by atoms with Crippen LogP contribution in [0.4, 0.5) is 5.82 Å². The van der Waals surface area contributed by atoms with Crippen molar-refractivity contribution in [2.75, 3.05) is 5.32 Å². The van der Waals surface area contributed by atoms with Gasteiger partial charge < -0.3 is 5.32 Å². The Labute approximate surface area is 129 Å². The number of pyridine rings is 1. The topological polar surface area (TPSA) is 53.6 Å². The van der Waals surface area contributed by atoms with Gasteiger partial charge >= 0.3 is 0 Å². The average Bonchev–Trinajstić information content (AvgIpc) is 3.11. The zero-order valence-electron chi connectivity index (χ0n) is 11.7. The minimum Gasteiger partial charge on any atom is -0.363 e. The molecule has 0 radical (unpaired) electrons. The number of aryl methyl sites for hydroxylation is 2. The largest absolute Gasteiger partial charge is 0.363 e. The summed E-state index contributed by atoms with van der Waals surface area (Å²) in [6, 6.07) is 6.31. The highest BCUT2D eigenvalue weighted by Crippen LogP contribution is 2.37. The molecule has 0 aliphatic carbocycles. The molecule has 2 N–H and O–H groups in total. The van der Waals surface area contributed by atoms with Crippen LogP contribution in [0.5, 0.6) is 0 Å². The van der Waals surface area contributed by atoms with Gasteiger partial charge in [-0.15, -0.1) is 22.7 Å². The van der Waals surface area contributed by atoms with Gasteiger partial charge in [0, 0.05) is 16.0 Å². The van der Waals surface area contributed by atoms with E-state index in [0.29, 0.717) is 0 Å². The maximum absolute atomic E-state index is 4.64. The molecule has 0 saturated carbocycles. The first-order valence-electron chi connectivity index (χ1n) is 6.73. The molecule has 106 valence electrons. The van der Waals surface area contributed by atoms with Crippen molar-refractivity contribution in [3.8, 4) is 0 Å². The van der Waals surface area contributed by atoms with Crippen LogP contribution in [0.25, 0.3) is 20.4 Å². The highest BCUT2D eigenvalue weighted by atomic mass is 32.1. The molecule has 4 heterocycles. The summed E-state index contributed by atoms with van der Waals surface area (Å²) >= 11 is 3.45. The van der Waals surface area contributed by atoms with Gasteiger partial charge in [0.25, 0.3) is 0 Å². The molecule has 0 unspecified atom stereocenters. The van der Waals surface area contributed by atoms with Crippen LogP contribution in [0.1, 0.15) is 16.1 Å². The Hall–Kier alpha value is -1.92. The lowest BCUT2D eigenvalue weighted by molar-refractivity contribution is 1.08. The number of thiophene rings is 2. The van der Waals surface area contributed by atoms with Crippen molar-refractivity contribution >= 4 is 48.9 Å². The summed E-state index contributed by atoms with van der Waals surface area (Å²) in [7, 11) is 0. The molecule has 0 fully saturated rings. The maximum Gasteiger partial charge on any atom is 0.166 e. The molecule has 4 nitrogen and oxygen atoms in total. The van der Waals surface area contributed by atoms with Gasteiger partial charge in [-0.2, -0.15) is 5.10 Å². The second kappa shape index (κ2) is 4.82. The van der Waals surface area contributed by atoms with Crippen LogP contribution >= 0.6 is 22.7 Å². The normalized spacial score (nSPS) is 11.5. The van der Waals surface area contributed by atoms with Crippen molar-refractivity contribution in [2.45, 2.75) is 20.4 Å². The predicted molar refractivity (Wildman–Crippen MR) is 90.4 cm³/mol. The molecule has 0 aliphatic rings. The third kappa shape index (κ3) is 2.11. The molecule has 0 amide bonds. The van der Waals surface area contributed by atoms with E-state index < -0.39 is 0 Å². The number of rotatable bonds is 3. The van der Waals surface area contributed by atoms with Crippen LogP contribution in [-0.2, 0) is 6.54 Å². The number of anilines is 1. The van der Waals surface area contributed by atoms with E-state index in [2.05, 4.69) is 51.0 Å². The fourth-order valence-electron chi connectivity index (χ4n) is 2.58. The molecule has 4 aromatic rings. The molecule has 4 aromatic heterocycles. The van der Waals surface area contributed by atoms with Crippen LogP contribution < -0.4 is 5.32 Å². The summed E-state index contributed by atoms with van der Waals surface area (Å²) < 4.78 is 1.16. The number of nitrogens with zero attached hydrogens (tertiary/aromatic N) is 2. The summed E-state index contributed by atoms with van der Waals surface area (Å²) in [5.41, 5.74) is 3.40. The van der Waals surface area contributed by atoms with E-state index in [1.807, 2.05) is 6.92 Å². The van der Waals surface area contributed by atoms with Crippen molar-refractivity contribution in [2.24, 2.45) is 0 Å². The third-order valence-corrected chi connectivity index (χ3v) is 5.46. The lowest BCUT2D eigenvalue weighted by Gasteiger charge is -1.99. The highest BCUT2D eigenvalue weighted by molar-refractivity contribution is 7.26. The summed E-state index contributed by atoms with van der Waals surface area (Å²) in [5.74, 6) is 0.915. The summed E-state index contributed by atoms with van der Waals surface area (Å²) in [6.07, 6.45) is 0. The van der Waals surface area contributed by atoms with Crippen LogP contribution in [0.15, 0.2) is 23.6 Å². The number of hydrogen-bond donors (Lipinski definition) is 2. The molecule has 6 heteroatoms. The van der Waals surface area contributed by atoms with Crippen LogP contribution in [0.3, 0.4) is 0 Å². The van der Waals surface area contributed by atoms with Crippen molar-refractivity contribution in [3.05, 3.63) is 39.7 Å². The number of nitrogens with one attached hydrogen (secondary N) is 2. The molecule has 0 saturated heterocycles. The number of fused-ring (bicyclic) bond motifs is 3. The third-order valence-electron chi connectivity index (χ3n) is 3.49. The Bertz CT molecular complexity index is 918. The van der Waals surface area contributed by atoms with E-state index in [4.69, 9.17) is 0 Å². The maximum atomic E-state index is 4.64. The number of hydrogen-bond acceptors (Lipinski definition) is 5. The first-order valence-corrected chi connectivity index (χ1v) is 8.43. The van der Waals surface area contributed by atoms with Crippen molar-refractivity contribution in [1.29, 1.82) is 0 Å². The Morgan fingerprint density at radius 3 is 3.05 bits per heavy atom. The smallest absolute Gasteiger partial charge is 0.166 e. The molecule has 21 heavy (non-hydrogen) atoms. The molecular weight excluding hydrogens is 300 g/mol. The second-order valence-electron chi connectivity index (χ2n) is 5.07. The predicted octanol–water partition coefficient (Wildman–Crippen LogP) is 4.46. The van der Waals surface area contributed by atoms with Crippen LogP contribution in [0, 0.1) is 13.8 Å². The SMILES string of the molecule is Cc1cc(C)c2c(n1)sc1c(NCc3cccs3)n[nH]c12. The fraction of sp³-hybridized carbons (Fsp3) is 0.200. The van der Waals surface area contributed by atoms with Gasteiger partial charge in [0.15, 0.2) is 5.82 Å². The zero-order valence-corrected chi connectivity index (χ0v) is 13.4. The second-order valence-corrected chi connectivity index (χ2v) is 7.10. The van der Waals surface area contributed by atoms with E-state index in [1.54, 1.807) is 22.7 Å². The lowest BCUT2D eigenvalue weighted by atomic mass is 10.2. The Kier molecular flexibility index (Phi) is 2.94. The van der Waals surface area contributed by atoms with E-state index in [9.17, 15) is 0 Å². The van der Waals surface area contributed by atoms with Gasteiger partial charge in [-0.3, -0.25) is 5.10 Å². The molecular formula is C15H14N4S2. The van der Waals surface area contributed by atoms with E-state index in [1.165, 1.54) is 15.8 Å². The highest BCUT2D eigenvalue weighted by Gasteiger charge is 2.15. The molecule has 4 rings (SSSR count). The Morgan fingerprint density at radius 1 is 1.33 bits per heavy atom. The number of aromatic amines is 1. The Morgan fingerprint density at radius 2 is 2.24 bits per heavy atom. The molecule has 0 aromatic carbocycles. The summed E-state index contributed by atoms with van der Waals surface area (Å²) in [6.45, 7) is 4.97. The molecule has 0 aliphatic heterocycles. The fourth-order valence-corrected chi connectivity index (χ4v) is 4.44. The van der Waals surface area contributed by atoms with Gasteiger partial charge in [0.1, 0.15) is 4.83 Å². The van der Waals surface area contributed by atoms with Gasteiger partial charge in [-0.1, -0.05) is 6.07 Å². The monoisotopic (exact) mass is 314 g/mol. The number of H-pyrrole nitrogens is 1. The van der Waals surface area contributed by atoms with E-state index in [-0.39, 0.29) is 0 Å². The van der Waals surface area contributed by atoms with Crippen molar-refractivity contribution in [1.82, 2.24) is 15.2 Å². The molecule has 0 atom stereocenters. The van der Waals surface area contributed by atoms with Gasteiger partial charge in [0.05, 0.1) is 16.8 Å². The van der Waals surface area contributed by atoms with E-state index in [0.717, 1.165) is 33.1 Å². The van der Waals surface area contributed by atoms with Crippen molar-refractivity contribution in [3.63, 3.8) is 0 Å². The average molecular weight is 314 g/mol. The molecule has 0 spiro atoms. The van der Waals surface area contributed by atoms with Crippen LogP contribution in [-0.4, -0.2) is 15.2 Å². The van der Waals surface area contributed by atoms with E-state index >= 15 is 0 Å². The van der Waals surface area contributed by atoms with Crippen molar-refractivity contribution < 1.29 is 0 Å². The summed E-state index contributed by atoms with van der Waals surface area (Å²) in [5, 5.41) is 14.3. The van der Waals surface area contributed by atoms with Gasteiger partial charge in [-0.25, -0.2) is 4.98 Å². The van der Waals surface area contributed by atoms with Crippen LogP contribution in [0.2, 0.25) is 0 Å². The minimum atomic E-state index is 0.803. The first kappa shape index (κ1) is 12.8. The summed E-state index contributed by atoms with van der Waals surface area (Å²) in [4.78, 5) is 7.02. The quantitative estimate of drug-likeness (QED) is 0.587. The number of aromatic nitrogens is 3. The first-order chi connectivity index (χ1) is 10.2. The Balaban J connectivity index is 1.79. The zero-order chi connectivity index (χ0) is 14.4. The standard InChI is InChI=1S/C15H14N4S2/c1-8-6-9(2)17-15-11(8)12-13(21-15)14(19-18-12)16-7-10-4-3-5-20-10/h3-6H,7H2,1-2H3,(H2,16,18,19). The molecule has 0 bridgehead atoms. The lowest BCUT2D eigenvalue weighted by Crippen LogP contribution is -1.97. The van der Waals surface area contributed by atoms with Gasteiger partial charge in [-0.05, 0) is 36.9 Å².